The Balaban J connectivity index is 2.51. The lowest BCUT2D eigenvalue weighted by atomic mass is 9.50. The van der Waals surface area contributed by atoms with Crippen LogP contribution in [0.2, 0.25) is 0 Å². The molecule has 0 aromatic carbocycles. The van der Waals surface area contributed by atoms with Gasteiger partial charge in [-0.05, 0) is 56.8 Å². The summed E-state index contributed by atoms with van der Waals surface area (Å²) in [6.07, 6.45) is 8.42. The molecular formula is C19H30O. The van der Waals surface area contributed by atoms with Gasteiger partial charge in [-0.3, -0.25) is 0 Å². The van der Waals surface area contributed by atoms with Crippen LogP contribution in [0.1, 0.15) is 54.4 Å². The first-order chi connectivity index (χ1) is 9.34. The number of allylic oxidation sites excluding steroid dienone is 4. The molecule has 2 aliphatic carbocycles. The zero-order chi connectivity index (χ0) is 15.1. The van der Waals surface area contributed by atoms with Crippen LogP contribution in [0, 0.1) is 35.0 Å². The van der Waals surface area contributed by atoms with E-state index in [1.165, 1.54) is 30.3 Å². The lowest BCUT2D eigenvalue weighted by Crippen LogP contribution is -2.48. The SMILES string of the molecule is C/C=C(\C)[C@@H]1C(C)=C[C@]2(C)C[C@H](C)C[C@H](C)[C@H]2[C@@H]1C=O. The molecule has 2 aliphatic rings. The largest absolute Gasteiger partial charge is 0.303 e. The van der Waals surface area contributed by atoms with E-state index in [-0.39, 0.29) is 11.3 Å². The second-order valence-corrected chi connectivity index (χ2v) is 7.67. The van der Waals surface area contributed by atoms with E-state index < -0.39 is 0 Å². The number of carbonyl (C=O) groups is 1. The first-order valence-corrected chi connectivity index (χ1v) is 8.11. The van der Waals surface area contributed by atoms with Gasteiger partial charge >= 0.3 is 0 Å². The third-order valence-electron chi connectivity index (χ3n) is 5.89. The summed E-state index contributed by atoms with van der Waals surface area (Å²) in [4.78, 5) is 11.9. The van der Waals surface area contributed by atoms with Crippen LogP contribution in [0.15, 0.2) is 23.3 Å². The highest BCUT2D eigenvalue weighted by molar-refractivity contribution is 5.59. The first-order valence-electron chi connectivity index (χ1n) is 8.11. The Kier molecular flexibility index (Phi) is 4.27. The second kappa shape index (κ2) is 5.50. The first kappa shape index (κ1) is 15.5. The van der Waals surface area contributed by atoms with Crippen molar-refractivity contribution in [3.05, 3.63) is 23.3 Å². The van der Waals surface area contributed by atoms with E-state index in [0.29, 0.717) is 17.8 Å². The van der Waals surface area contributed by atoms with Crippen LogP contribution in [0.3, 0.4) is 0 Å². The number of hydrogen-bond donors (Lipinski definition) is 0. The van der Waals surface area contributed by atoms with Crippen molar-refractivity contribution in [1.82, 2.24) is 0 Å². The van der Waals surface area contributed by atoms with Crippen molar-refractivity contribution in [1.29, 1.82) is 0 Å². The summed E-state index contributed by atoms with van der Waals surface area (Å²) in [5.74, 6) is 2.38. The maximum Gasteiger partial charge on any atom is 0.124 e. The monoisotopic (exact) mass is 274 g/mol. The third-order valence-corrected chi connectivity index (χ3v) is 5.89. The predicted octanol–water partition coefficient (Wildman–Crippen LogP) is 5.03. The van der Waals surface area contributed by atoms with Gasteiger partial charge in [0.2, 0.25) is 0 Å². The van der Waals surface area contributed by atoms with Crippen LogP contribution in [0.4, 0.5) is 0 Å². The van der Waals surface area contributed by atoms with Crippen LogP contribution in [-0.2, 0) is 4.79 Å². The van der Waals surface area contributed by atoms with Crippen molar-refractivity contribution in [2.24, 2.45) is 35.0 Å². The molecule has 0 radical (unpaired) electrons. The lowest BCUT2D eigenvalue weighted by molar-refractivity contribution is -0.118. The highest BCUT2D eigenvalue weighted by Gasteiger charge is 2.50. The van der Waals surface area contributed by atoms with Gasteiger partial charge in [0.05, 0.1) is 0 Å². The van der Waals surface area contributed by atoms with Gasteiger partial charge < -0.3 is 4.79 Å². The molecular weight excluding hydrogens is 244 g/mol. The van der Waals surface area contributed by atoms with Crippen molar-refractivity contribution >= 4 is 6.29 Å². The highest BCUT2D eigenvalue weighted by atomic mass is 16.1. The third kappa shape index (κ3) is 2.40. The number of hydrogen-bond acceptors (Lipinski definition) is 1. The molecule has 6 atom stereocenters. The van der Waals surface area contributed by atoms with Crippen molar-refractivity contribution in [3.8, 4) is 0 Å². The fraction of sp³-hybridized carbons (Fsp3) is 0.737. The van der Waals surface area contributed by atoms with Gasteiger partial charge in [-0.15, -0.1) is 0 Å². The summed E-state index contributed by atoms with van der Waals surface area (Å²) in [6, 6.07) is 0. The Bertz CT molecular complexity index is 445. The molecule has 1 fully saturated rings. The fourth-order valence-corrected chi connectivity index (χ4v) is 5.50. The van der Waals surface area contributed by atoms with E-state index >= 15 is 0 Å². The fourth-order valence-electron chi connectivity index (χ4n) is 5.50. The maximum atomic E-state index is 11.9. The van der Waals surface area contributed by atoms with E-state index in [2.05, 4.69) is 53.7 Å². The summed E-state index contributed by atoms with van der Waals surface area (Å²) in [7, 11) is 0. The standard InChI is InChI=1S/C19H30O/c1-7-13(3)17-15(5)10-19(6)9-12(2)8-14(4)18(19)16(17)11-20/h7,10-12,14,16-18H,8-9H2,1-6H3/b13-7+/t12-,14+,16-,17-,18+,19+/m1/s1. The van der Waals surface area contributed by atoms with E-state index in [1.54, 1.807) is 0 Å². The Hall–Kier alpha value is -0.850. The average molecular weight is 274 g/mol. The lowest BCUT2D eigenvalue weighted by Gasteiger charge is -2.53. The van der Waals surface area contributed by atoms with Gasteiger partial charge in [-0.1, -0.05) is 44.1 Å². The molecule has 0 N–H and O–H groups in total. The molecule has 0 aliphatic heterocycles. The van der Waals surface area contributed by atoms with Crippen molar-refractivity contribution in [2.45, 2.75) is 54.4 Å². The van der Waals surface area contributed by atoms with Crippen molar-refractivity contribution in [2.75, 3.05) is 0 Å². The van der Waals surface area contributed by atoms with E-state index in [4.69, 9.17) is 0 Å². The Morgan fingerprint density at radius 2 is 2.05 bits per heavy atom. The van der Waals surface area contributed by atoms with Crippen LogP contribution in [0.5, 0.6) is 0 Å². The molecule has 0 saturated heterocycles. The van der Waals surface area contributed by atoms with Gasteiger partial charge in [-0.25, -0.2) is 0 Å². The molecule has 20 heavy (non-hydrogen) atoms. The summed E-state index contributed by atoms with van der Waals surface area (Å²) in [6.45, 7) is 13.6. The van der Waals surface area contributed by atoms with E-state index in [0.717, 1.165) is 5.92 Å². The second-order valence-electron chi connectivity index (χ2n) is 7.67. The van der Waals surface area contributed by atoms with Crippen molar-refractivity contribution in [3.63, 3.8) is 0 Å². The van der Waals surface area contributed by atoms with E-state index in [1.807, 2.05) is 0 Å². The van der Waals surface area contributed by atoms with Gasteiger partial charge in [0, 0.05) is 11.8 Å². The van der Waals surface area contributed by atoms with Crippen molar-refractivity contribution < 1.29 is 4.79 Å². The normalized spacial score (nSPS) is 45.6. The van der Waals surface area contributed by atoms with Gasteiger partial charge in [0.15, 0.2) is 0 Å². The zero-order valence-corrected chi connectivity index (χ0v) is 13.9. The minimum absolute atomic E-state index is 0.156. The van der Waals surface area contributed by atoms with Gasteiger partial charge in [-0.2, -0.15) is 0 Å². The minimum Gasteiger partial charge on any atom is -0.303 e. The van der Waals surface area contributed by atoms with Gasteiger partial charge in [0.25, 0.3) is 0 Å². The summed E-state index contributed by atoms with van der Waals surface area (Å²) < 4.78 is 0. The molecule has 0 bridgehead atoms. The maximum absolute atomic E-state index is 11.9. The quantitative estimate of drug-likeness (QED) is 0.509. The molecule has 1 nitrogen and oxygen atoms in total. The molecule has 0 heterocycles. The zero-order valence-electron chi connectivity index (χ0n) is 13.9. The molecule has 112 valence electrons. The smallest absolute Gasteiger partial charge is 0.124 e. The molecule has 0 amide bonds. The molecule has 0 aromatic rings. The number of fused-ring (bicyclic) bond motifs is 1. The van der Waals surface area contributed by atoms with Gasteiger partial charge in [0.1, 0.15) is 6.29 Å². The molecule has 1 heteroatoms. The Morgan fingerprint density at radius 3 is 2.60 bits per heavy atom. The highest BCUT2D eigenvalue weighted by Crippen LogP contribution is 2.56. The molecule has 0 unspecified atom stereocenters. The molecule has 1 saturated carbocycles. The van der Waals surface area contributed by atoms with Crippen LogP contribution < -0.4 is 0 Å². The van der Waals surface area contributed by atoms with Crippen LogP contribution >= 0.6 is 0 Å². The molecule has 2 rings (SSSR count). The number of aldehydes is 1. The van der Waals surface area contributed by atoms with E-state index in [9.17, 15) is 4.79 Å². The molecule has 0 aromatic heterocycles. The topological polar surface area (TPSA) is 17.1 Å². The summed E-state index contributed by atoms with van der Waals surface area (Å²) in [5, 5.41) is 0. The number of rotatable bonds is 2. The molecule has 0 spiro atoms. The number of carbonyl (C=O) groups excluding carboxylic acids is 1. The average Bonchev–Trinajstić information content (AvgIpc) is 2.34. The Labute approximate surface area is 124 Å². The predicted molar refractivity (Wildman–Crippen MR) is 85.4 cm³/mol. The van der Waals surface area contributed by atoms with Crippen LogP contribution in [0.25, 0.3) is 0 Å². The Morgan fingerprint density at radius 1 is 1.40 bits per heavy atom. The van der Waals surface area contributed by atoms with Crippen LogP contribution in [-0.4, -0.2) is 6.29 Å². The summed E-state index contributed by atoms with van der Waals surface area (Å²) in [5.41, 5.74) is 2.96. The minimum atomic E-state index is 0.156. The summed E-state index contributed by atoms with van der Waals surface area (Å²) >= 11 is 0.